The van der Waals surface area contributed by atoms with Crippen molar-refractivity contribution < 1.29 is 14.3 Å². The van der Waals surface area contributed by atoms with Gasteiger partial charge in [0.2, 0.25) is 0 Å². The fourth-order valence-electron chi connectivity index (χ4n) is 4.92. The maximum Gasteiger partial charge on any atom is 0.269 e. The highest BCUT2D eigenvalue weighted by Gasteiger charge is 2.35. The first-order valence-corrected chi connectivity index (χ1v) is 12.1. The number of aromatic nitrogens is 2. The van der Waals surface area contributed by atoms with E-state index in [1.807, 2.05) is 4.90 Å². The number of anilines is 1. The Kier molecular flexibility index (Phi) is 7.53. The van der Waals surface area contributed by atoms with E-state index in [4.69, 9.17) is 22.1 Å². The van der Waals surface area contributed by atoms with Crippen LogP contribution in [0, 0.1) is 0 Å². The van der Waals surface area contributed by atoms with Gasteiger partial charge in [-0.1, -0.05) is 18.5 Å². The van der Waals surface area contributed by atoms with Crippen molar-refractivity contribution >= 4 is 29.2 Å². The Labute approximate surface area is 204 Å². The van der Waals surface area contributed by atoms with Gasteiger partial charge in [0.05, 0.1) is 13.3 Å². The highest BCUT2D eigenvalue weighted by atomic mass is 35.5. The first-order valence-electron chi connectivity index (χ1n) is 11.7. The van der Waals surface area contributed by atoms with Crippen LogP contribution < -0.4 is 15.4 Å². The molecule has 0 bridgehead atoms. The van der Waals surface area contributed by atoms with Crippen molar-refractivity contribution in [2.75, 3.05) is 44.7 Å². The molecular formula is C24H31ClN6O3. The van der Waals surface area contributed by atoms with Crippen molar-refractivity contribution in [1.29, 1.82) is 0 Å². The third kappa shape index (κ3) is 5.10. The van der Waals surface area contributed by atoms with E-state index in [0.29, 0.717) is 34.4 Å². The number of primary amides is 1. The number of hydrogen-bond acceptors (Lipinski definition) is 7. The summed E-state index contributed by atoms with van der Waals surface area (Å²) in [6.07, 6.45) is 4.30. The Hall–Kier alpha value is -2.91. The number of nitrogens with zero attached hydrogens (tertiary/aromatic N) is 5. The standard InChI is InChI=1S/C24H31ClN6O3/c1-3-18-15-30(22-23(34-2)28-20(14-27-22)21(26)32)12-13-31(18)19-8-10-29(11-9-19)24(33)16-4-6-17(25)7-5-16/h4-7,14,18-19H,3,8-13,15H2,1-2H3,(H2,26,32)/t18-/m0/s1. The summed E-state index contributed by atoms with van der Waals surface area (Å²) in [5, 5.41) is 0.632. The number of methoxy groups -OCH3 is 1. The molecule has 9 nitrogen and oxygen atoms in total. The van der Waals surface area contributed by atoms with Crippen LogP contribution in [-0.4, -0.2) is 83.5 Å². The lowest BCUT2D eigenvalue weighted by Crippen LogP contribution is -2.58. The average Bonchev–Trinajstić information content (AvgIpc) is 2.88. The molecule has 34 heavy (non-hydrogen) atoms. The number of halogens is 1. The molecule has 182 valence electrons. The van der Waals surface area contributed by atoms with Gasteiger partial charge < -0.3 is 20.3 Å². The SMILES string of the molecule is CC[C@H]1CN(c2ncc(C(N)=O)nc2OC)CCN1C1CCN(C(=O)c2ccc(Cl)cc2)CC1. The summed E-state index contributed by atoms with van der Waals surface area (Å²) in [4.78, 5) is 39.6. The third-order valence-electron chi connectivity index (χ3n) is 6.78. The molecule has 0 spiro atoms. The number of carbonyl (C=O) groups excluding carboxylic acids is 2. The second kappa shape index (κ2) is 10.6. The van der Waals surface area contributed by atoms with Crippen molar-refractivity contribution in [3.63, 3.8) is 0 Å². The lowest BCUT2D eigenvalue weighted by atomic mass is 9.97. The van der Waals surface area contributed by atoms with E-state index in [1.165, 1.54) is 13.3 Å². The average molecular weight is 487 g/mol. The number of carbonyl (C=O) groups is 2. The smallest absolute Gasteiger partial charge is 0.269 e. The number of ether oxygens (including phenoxy) is 1. The first-order chi connectivity index (χ1) is 16.4. The Morgan fingerprint density at radius 2 is 1.85 bits per heavy atom. The number of piperidine rings is 1. The fourth-order valence-corrected chi connectivity index (χ4v) is 5.05. The molecule has 2 aliphatic rings. The number of nitrogens with two attached hydrogens (primary N) is 1. The first kappa shape index (κ1) is 24.2. The molecule has 1 aromatic carbocycles. The van der Waals surface area contributed by atoms with Gasteiger partial charge in [0.25, 0.3) is 17.7 Å². The van der Waals surface area contributed by atoms with Crippen molar-refractivity contribution in [3.05, 3.63) is 46.7 Å². The van der Waals surface area contributed by atoms with Crippen LogP contribution in [0.1, 0.15) is 47.0 Å². The molecule has 0 radical (unpaired) electrons. The Morgan fingerprint density at radius 1 is 1.15 bits per heavy atom. The highest BCUT2D eigenvalue weighted by molar-refractivity contribution is 6.30. The highest BCUT2D eigenvalue weighted by Crippen LogP contribution is 2.29. The van der Waals surface area contributed by atoms with Crippen molar-refractivity contribution in [1.82, 2.24) is 19.8 Å². The molecule has 1 atom stereocenters. The molecule has 1 aromatic heterocycles. The van der Waals surface area contributed by atoms with Gasteiger partial charge in [0.15, 0.2) is 5.82 Å². The van der Waals surface area contributed by atoms with E-state index >= 15 is 0 Å². The number of hydrogen-bond donors (Lipinski definition) is 1. The second-order valence-electron chi connectivity index (χ2n) is 8.73. The summed E-state index contributed by atoms with van der Waals surface area (Å²) in [7, 11) is 1.52. The summed E-state index contributed by atoms with van der Waals surface area (Å²) in [6.45, 7) is 6.15. The molecule has 4 rings (SSSR count). The molecule has 2 N–H and O–H groups in total. The lowest BCUT2D eigenvalue weighted by Gasteiger charge is -2.47. The van der Waals surface area contributed by atoms with Crippen molar-refractivity contribution in [2.45, 2.75) is 38.3 Å². The molecule has 2 fully saturated rings. The maximum atomic E-state index is 12.8. The van der Waals surface area contributed by atoms with Crippen molar-refractivity contribution in [3.8, 4) is 5.88 Å². The van der Waals surface area contributed by atoms with Crippen molar-refractivity contribution in [2.24, 2.45) is 5.73 Å². The van der Waals surface area contributed by atoms with Crippen LogP contribution >= 0.6 is 11.6 Å². The topological polar surface area (TPSA) is 105 Å². The molecule has 2 aromatic rings. The van der Waals surface area contributed by atoms with E-state index in [0.717, 1.165) is 52.0 Å². The molecule has 0 saturated carbocycles. The van der Waals surface area contributed by atoms with Crippen LogP contribution in [0.5, 0.6) is 5.88 Å². The molecular weight excluding hydrogens is 456 g/mol. The normalized spacial score (nSPS) is 19.8. The van der Waals surface area contributed by atoms with E-state index in [2.05, 4.69) is 26.7 Å². The fraction of sp³-hybridized carbons (Fsp3) is 0.500. The number of amides is 2. The zero-order chi connectivity index (χ0) is 24.2. The van der Waals surface area contributed by atoms with Gasteiger partial charge in [-0.05, 0) is 43.5 Å². The van der Waals surface area contributed by atoms with Gasteiger partial charge in [-0.2, -0.15) is 0 Å². The van der Waals surface area contributed by atoms with Crippen LogP contribution in [0.25, 0.3) is 0 Å². The summed E-state index contributed by atoms with van der Waals surface area (Å²) in [5.41, 5.74) is 6.10. The molecule has 3 heterocycles. The van der Waals surface area contributed by atoms with Gasteiger partial charge in [-0.15, -0.1) is 0 Å². The number of rotatable bonds is 6. The molecule has 2 saturated heterocycles. The zero-order valence-corrected chi connectivity index (χ0v) is 20.4. The van der Waals surface area contributed by atoms with E-state index in [9.17, 15) is 9.59 Å². The predicted octanol–water partition coefficient (Wildman–Crippen LogP) is 2.44. The van der Waals surface area contributed by atoms with Gasteiger partial charge >= 0.3 is 0 Å². The summed E-state index contributed by atoms with van der Waals surface area (Å²) >= 11 is 5.95. The Morgan fingerprint density at radius 3 is 2.47 bits per heavy atom. The quantitative estimate of drug-likeness (QED) is 0.668. The van der Waals surface area contributed by atoms with E-state index in [1.54, 1.807) is 24.3 Å². The molecule has 0 aliphatic carbocycles. The van der Waals surface area contributed by atoms with Crippen LogP contribution in [-0.2, 0) is 0 Å². The van der Waals surface area contributed by atoms with Gasteiger partial charge in [-0.25, -0.2) is 9.97 Å². The molecule has 2 aliphatic heterocycles. The number of likely N-dealkylation sites (tertiary alicyclic amines) is 1. The van der Waals surface area contributed by atoms with Crippen LogP contribution in [0.3, 0.4) is 0 Å². The maximum absolute atomic E-state index is 12.8. The minimum Gasteiger partial charge on any atom is -0.478 e. The third-order valence-corrected chi connectivity index (χ3v) is 7.03. The Bertz CT molecular complexity index is 1030. The number of benzene rings is 1. The van der Waals surface area contributed by atoms with Crippen LogP contribution in [0.2, 0.25) is 5.02 Å². The van der Waals surface area contributed by atoms with E-state index < -0.39 is 5.91 Å². The number of piperazine rings is 1. The Balaban J connectivity index is 1.38. The molecule has 10 heteroatoms. The largest absolute Gasteiger partial charge is 0.478 e. The van der Waals surface area contributed by atoms with E-state index in [-0.39, 0.29) is 11.6 Å². The van der Waals surface area contributed by atoms with Crippen LogP contribution in [0.4, 0.5) is 5.82 Å². The summed E-state index contributed by atoms with van der Waals surface area (Å²) < 4.78 is 5.40. The summed E-state index contributed by atoms with van der Waals surface area (Å²) in [5.74, 6) is 0.383. The molecule has 2 amide bonds. The minimum absolute atomic E-state index is 0.0667. The van der Waals surface area contributed by atoms with Gasteiger partial charge in [0.1, 0.15) is 5.69 Å². The van der Waals surface area contributed by atoms with Crippen LogP contribution in [0.15, 0.2) is 30.5 Å². The monoisotopic (exact) mass is 486 g/mol. The van der Waals surface area contributed by atoms with Gasteiger partial charge in [0, 0.05) is 55.4 Å². The molecule has 0 unspecified atom stereocenters. The zero-order valence-electron chi connectivity index (χ0n) is 19.6. The summed E-state index contributed by atoms with van der Waals surface area (Å²) in [6, 6.07) is 7.87. The second-order valence-corrected chi connectivity index (χ2v) is 9.16. The predicted molar refractivity (Wildman–Crippen MR) is 130 cm³/mol. The van der Waals surface area contributed by atoms with Gasteiger partial charge in [-0.3, -0.25) is 14.5 Å². The lowest BCUT2D eigenvalue weighted by molar-refractivity contribution is 0.0490. The minimum atomic E-state index is -0.630.